The lowest BCUT2D eigenvalue weighted by atomic mass is 10.0. The molecule has 6 heteroatoms. The maximum Gasteiger partial charge on any atom is 0.306 e. The second-order valence-corrected chi connectivity index (χ2v) is 18.6. The van der Waals surface area contributed by atoms with Gasteiger partial charge in [0.2, 0.25) is 0 Å². The molecule has 0 saturated carbocycles. The molecule has 0 aromatic rings. The Morgan fingerprint density at radius 2 is 0.559 bits per heavy atom. The van der Waals surface area contributed by atoms with Crippen LogP contribution in [0.2, 0.25) is 0 Å². The van der Waals surface area contributed by atoms with Gasteiger partial charge in [-0.2, -0.15) is 0 Å². The van der Waals surface area contributed by atoms with E-state index in [1.54, 1.807) is 0 Å². The first-order valence-corrected chi connectivity index (χ1v) is 26.4. The van der Waals surface area contributed by atoms with Gasteiger partial charge < -0.3 is 14.2 Å². The largest absolute Gasteiger partial charge is 0.462 e. The van der Waals surface area contributed by atoms with Gasteiger partial charge >= 0.3 is 17.9 Å². The number of ether oxygens (including phenoxy) is 3. The molecule has 0 fully saturated rings. The molecule has 0 heterocycles. The van der Waals surface area contributed by atoms with Crippen molar-refractivity contribution in [1.82, 2.24) is 0 Å². The Morgan fingerprint density at radius 1 is 0.322 bits per heavy atom. The van der Waals surface area contributed by atoms with Crippen molar-refractivity contribution >= 4 is 17.9 Å². The van der Waals surface area contributed by atoms with E-state index in [1.807, 2.05) is 0 Å². The smallest absolute Gasteiger partial charge is 0.306 e. The number of rotatable bonds is 48. The third kappa shape index (κ3) is 47.3. The van der Waals surface area contributed by atoms with Crippen molar-refractivity contribution in [3.05, 3.63) is 0 Å². The summed E-state index contributed by atoms with van der Waals surface area (Å²) in [6, 6.07) is 0. The summed E-state index contributed by atoms with van der Waals surface area (Å²) >= 11 is 0. The molecule has 0 aliphatic rings. The van der Waals surface area contributed by atoms with E-state index < -0.39 is 6.10 Å². The minimum absolute atomic E-state index is 0.0630. The molecule has 0 aliphatic heterocycles. The zero-order chi connectivity index (χ0) is 43.1. The van der Waals surface area contributed by atoms with E-state index in [0.29, 0.717) is 19.3 Å². The average molecular weight is 835 g/mol. The quantitative estimate of drug-likeness (QED) is 0.0345. The lowest BCUT2D eigenvalue weighted by Gasteiger charge is -2.18. The summed E-state index contributed by atoms with van der Waals surface area (Å²) in [5.74, 6) is -0.0312. The number of hydrogen-bond acceptors (Lipinski definition) is 6. The summed E-state index contributed by atoms with van der Waals surface area (Å²) < 4.78 is 16.8. The van der Waals surface area contributed by atoms with E-state index in [-0.39, 0.29) is 31.1 Å². The molecule has 0 aromatic carbocycles. The SMILES string of the molecule is CCCCCCCCCCCCCCCCCCCCCC(=O)OC[C@@H](COC(=O)CCCCCCCCCCC)OC(=O)CCCCCCCCCCCCC(C)C. The highest BCUT2D eigenvalue weighted by Gasteiger charge is 2.19. The first kappa shape index (κ1) is 57.4. The van der Waals surface area contributed by atoms with Crippen molar-refractivity contribution in [3.8, 4) is 0 Å². The van der Waals surface area contributed by atoms with E-state index in [0.717, 1.165) is 63.7 Å². The van der Waals surface area contributed by atoms with Gasteiger partial charge in [0.05, 0.1) is 0 Å². The van der Waals surface area contributed by atoms with Crippen LogP contribution in [0, 0.1) is 5.92 Å². The fraction of sp³-hybridized carbons (Fsp3) is 0.943. The van der Waals surface area contributed by atoms with E-state index in [1.165, 1.54) is 193 Å². The van der Waals surface area contributed by atoms with Crippen molar-refractivity contribution in [3.63, 3.8) is 0 Å². The van der Waals surface area contributed by atoms with Gasteiger partial charge in [0.25, 0.3) is 0 Å². The minimum atomic E-state index is -0.760. The van der Waals surface area contributed by atoms with Crippen molar-refractivity contribution in [2.75, 3.05) is 13.2 Å². The third-order valence-electron chi connectivity index (χ3n) is 12.0. The highest BCUT2D eigenvalue weighted by atomic mass is 16.6. The molecular weight excluding hydrogens is 733 g/mol. The molecule has 0 amide bonds. The Hall–Kier alpha value is -1.59. The van der Waals surface area contributed by atoms with Gasteiger partial charge in [0, 0.05) is 19.3 Å². The summed E-state index contributed by atoms with van der Waals surface area (Å²) in [4.78, 5) is 37.9. The number of unbranched alkanes of at least 4 members (excludes halogenated alkanes) is 35. The van der Waals surface area contributed by atoms with E-state index >= 15 is 0 Å². The highest BCUT2D eigenvalue weighted by molar-refractivity contribution is 5.71. The molecule has 0 unspecified atom stereocenters. The van der Waals surface area contributed by atoms with E-state index in [9.17, 15) is 14.4 Å². The number of hydrogen-bond donors (Lipinski definition) is 0. The van der Waals surface area contributed by atoms with Crippen LogP contribution in [0.25, 0.3) is 0 Å². The molecule has 0 aromatic heterocycles. The fourth-order valence-electron chi connectivity index (χ4n) is 8.04. The molecule has 0 aliphatic carbocycles. The first-order valence-electron chi connectivity index (χ1n) is 26.4. The van der Waals surface area contributed by atoms with Gasteiger partial charge in [-0.15, -0.1) is 0 Å². The molecule has 0 radical (unpaired) electrons. The second kappa shape index (κ2) is 47.5. The van der Waals surface area contributed by atoms with Crippen molar-refractivity contribution in [1.29, 1.82) is 0 Å². The molecule has 59 heavy (non-hydrogen) atoms. The maximum absolute atomic E-state index is 12.8. The lowest BCUT2D eigenvalue weighted by molar-refractivity contribution is -0.167. The molecule has 0 spiro atoms. The highest BCUT2D eigenvalue weighted by Crippen LogP contribution is 2.17. The molecule has 6 nitrogen and oxygen atoms in total. The van der Waals surface area contributed by atoms with Crippen LogP contribution < -0.4 is 0 Å². The molecule has 0 N–H and O–H groups in total. The third-order valence-corrected chi connectivity index (χ3v) is 12.0. The Morgan fingerprint density at radius 3 is 0.831 bits per heavy atom. The average Bonchev–Trinajstić information content (AvgIpc) is 3.22. The van der Waals surface area contributed by atoms with Crippen LogP contribution in [0.15, 0.2) is 0 Å². The van der Waals surface area contributed by atoms with Gasteiger partial charge in [0.1, 0.15) is 13.2 Å². The number of carbonyl (C=O) groups excluding carboxylic acids is 3. The Labute approximate surface area is 368 Å². The molecular formula is C53H102O6. The van der Waals surface area contributed by atoms with Crippen LogP contribution >= 0.6 is 0 Å². The van der Waals surface area contributed by atoms with Crippen LogP contribution in [0.3, 0.4) is 0 Å². The van der Waals surface area contributed by atoms with Gasteiger partial charge in [-0.1, -0.05) is 259 Å². The Kier molecular flexibility index (Phi) is 46.2. The molecule has 0 rings (SSSR count). The van der Waals surface area contributed by atoms with Gasteiger partial charge in [-0.25, -0.2) is 0 Å². The minimum Gasteiger partial charge on any atom is -0.462 e. The van der Waals surface area contributed by atoms with Crippen LogP contribution in [0.1, 0.15) is 297 Å². The lowest BCUT2D eigenvalue weighted by Crippen LogP contribution is -2.30. The van der Waals surface area contributed by atoms with Gasteiger partial charge in [-0.3, -0.25) is 14.4 Å². The van der Waals surface area contributed by atoms with Crippen molar-refractivity contribution < 1.29 is 28.6 Å². The monoisotopic (exact) mass is 835 g/mol. The summed E-state index contributed by atoms with van der Waals surface area (Å²) in [6.45, 7) is 9.00. The predicted molar refractivity (Wildman–Crippen MR) is 252 cm³/mol. The molecule has 1 atom stereocenters. The van der Waals surface area contributed by atoms with Crippen LogP contribution in [-0.2, 0) is 28.6 Å². The summed E-state index contributed by atoms with van der Waals surface area (Å²) in [7, 11) is 0. The number of carbonyl (C=O) groups is 3. The zero-order valence-electron chi connectivity index (χ0n) is 40.2. The summed E-state index contributed by atoms with van der Waals surface area (Å²) in [6.07, 6.45) is 49.5. The summed E-state index contributed by atoms with van der Waals surface area (Å²) in [5, 5.41) is 0. The predicted octanol–water partition coefficient (Wildman–Crippen LogP) is 17.1. The van der Waals surface area contributed by atoms with Crippen LogP contribution in [0.5, 0.6) is 0 Å². The second-order valence-electron chi connectivity index (χ2n) is 18.6. The Balaban J connectivity index is 4.21. The van der Waals surface area contributed by atoms with Gasteiger partial charge in [0.15, 0.2) is 6.10 Å². The van der Waals surface area contributed by atoms with Crippen molar-refractivity contribution in [2.24, 2.45) is 5.92 Å². The standard InChI is InChI=1S/C53H102O6/c1-5-7-9-11-13-15-16-17-18-19-20-21-22-23-24-29-33-37-41-45-52(55)58-48-50(47-57-51(54)44-40-36-32-27-14-12-10-8-6-2)59-53(56)46-42-38-34-30-26-25-28-31-35-39-43-49(3)4/h49-50H,5-48H2,1-4H3/t50-/m1/s1. The van der Waals surface area contributed by atoms with Crippen molar-refractivity contribution in [2.45, 2.75) is 303 Å². The topological polar surface area (TPSA) is 78.9 Å². The van der Waals surface area contributed by atoms with Crippen LogP contribution in [-0.4, -0.2) is 37.2 Å². The normalized spacial score (nSPS) is 11.9. The fourth-order valence-corrected chi connectivity index (χ4v) is 8.04. The number of esters is 3. The Bertz CT molecular complexity index is 887. The van der Waals surface area contributed by atoms with E-state index in [4.69, 9.17) is 14.2 Å². The zero-order valence-corrected chi connectivity index (χ0v) is 40.2. The molecule has 0 saturated heterocycles. The van der Waals surface area contributed by atoms with Crippen LogP contribution in [0.4, 0.5) is 0 Å². The maximum atomic E-state index is 12.8. The van der Waals surface area contributed by atoms with E-state index in [2.05, 4.69) is 27.7 Å². The molecule has 350 valence electrons. The van der Waals surface area contributed by atoms with Gasteiger partial charge in [-0.05, 0) is 25.2 Å². The molecule has 0 bridgehead atoms. The first-order chi connectivity index (χ1) is 28.9. The summed E-state index contributed by atoms with van der Waals surface area (Å²) in [5.41, 5.74) is 0.